The monoisotopic (exact) mass is 643 g/mol. The summed E-state index contributed by atoms with van der Waals surface area (Å²) in [7, 11) is -2.62. The predicted molar refractivity (Wildman–Crippen MR) is 212 cm³/mol. The van der Waals surface area contributed by atoms with Crippen molar-refractivity contribution in [1.82, 2.24) is 0 Å². The van der Waals surface area contributed by atoms with E-state index in [9.17, 15) is 0 Å². The molecule has 49 heavy (non-hydrogen) atoms. The van der Waals surface area contributed by atoms with Crippen LogP contribution in [0, 0.1) is 0 Å². The lowest BCUT2D eigenvalue weighted by Gasteiger charge is -2.35. The summed E-state index contributed by atoms with van der Waals surface area (Å²) in [5.41, 5.74) is 6.20. The van der Waals surface area contributed by atoms with E-state index in [2.05, 4.69) is 207 Å². The molecule has 0 spiro atoms. The minimum Gasteiger partial charge on any atom is -0.310 e. The molecule has 0 aliphatic heterocycles. The molecule has 1 aliphatic rings. The number of hydrogen-bond donors (Lipinski definition) is 0. The van der Waals surface area contributed by atoms with E-state index in [-0.39, 0.29) is 5.41 Å². The lowest BCUT2D eigenvalue weighted by Crippen LogP contribution is -2.74. The van der Waals surface area contributed by atoms with Gasteiger partial charge in [0.1, 0.15) is 0 Å². The Balaban J connectivity index is 1.25. The van der Waals surface area contributed by atoms with Gasteiger partial charge in [0.15, 0.2) is 8.07 Å². The molecule has 0 N–H and O–H groups in total. The molecule has 0 radical (unpaired) electrons. The smallest absolute Gasteiger partial charge is 0.179 e. The van der Waals surface area contributed by atoms with Crippen LogP contribution in [0.2, 0.25) is 0 Å². The topological polar surface area (TPSA) is 3.24 Å². The molecular weight excluding hydrogens is 607 g/mol. The van der Waals surface area contributed by atoms with Gasteiger partial charge < -0.3 is 4.90 Å². The Kier molecular flexibility index (Phi) is 6.89. The van der Waals surface area contributed by atoms with Gasteiger partial charge in [-0.2, -0.15) is 0 Å². The molecule has 8 aromatic rings. The molecule has 9 rings (SSSR count). The van der Waals surface area contributed by atoms with Crippen molar-refractivity contribution in [3.63, 3.8) is 0 Å². The van der Waals surface area contributed by atoms with E-state index >= 15 is 0 Å². The highest BCUT2D eigenvalue weighted by Gasteiger charge is 2.41. The lowest BCUT2D eigenvalue weighted by atomic mass is 9.81. The van der Waals surface area contributed by atoms with E-state index in [0.29, 0.717) is 0 Å². The van der Waals surface area contributed by atoms with Crippen molar-refractivity contribution < 1.29 is 0 Å². The van der Waals surface area contributed by atoms with Crippen molar-refractivity contribution in [2.75, 3.05) is 4.90 Å². The largest absolute Gasteiger partial charge is 0.310 e. The fraction of sp³-hybridized carbons (Fsp3) is 0.0638. The van der Waals surface area contributed by atoms with Gasteiger partial charge in [-0.05, 0) is 89.8 Å². The predicted octanol–water partition coefficient (Wildman–Crippen LogP) is 9.48. The summed E-state index contributed by atoms with van der Waals surface area (Å²) in [4.78, 5) is 2.43. The van der Waals surface area contributed by atoms with Crippen molar-refractivity contribution in [2.45, 2.75) is 19.3 Å². The van der Waals surface area contributed by atoms with E-state index in [4.69, 9.17) is 0 Å². The molecule has 1 nitrogen and oxygen atoms in total. The second-order valence-corrected chi connectivity index (χ2v) is 17.6. The number of para-hydroxylation sites is 1. The van der Waals surface area contributed by atoms with Crippen molar-refractivity contribution in [2.24, 2.45) is 0 Å². The summed E-state index contributed by atoms with van der Waals surface area (Å²) in [5.74, 6) is 0. The summed E-state index contributed by atoms with van der Waals surface area (Å²) in [6.45, 7) is 4.76. The number of rotatable bonds is 7. The summed E-state index contributed by atoms with van der Waals surface area (Å²) in [6, 6.07) is 69.9. The lowest BCUT2D eigenvalue weighted by molar-refractivity contribution is 0.663. The van der Waals surface area contributed by atoms with Gasteiger partial charge in [-0.3, -0.25) is 0 Å². The third-order valence-corrected chi connectivity index (χ3v) is 15.5. The second kappa shape index (κ2) is 11.5. The highest BCUT2D eigenvalue weighted by molar-refractivity contribution is 7.19. The Hall–Kier alpha value is -5.70. The van der Waals surface area contributed by atoms with Crippen LogP contribution in [-0.2, 0) is 5.41 Å². The number of nitrogens with zero attached hydrogens (tertiary/aromatic N) is 1. The molecule has 0 saturated heterocycles. The Labute approximate surface area is 289 Å². The van der Waals surface area contributed by atoms with Crippen LogP contribution in [0.4, 0.5) is 17.1 Å². The van der Waals surface area contributed by atoms with Gasteiger partial charge in [0.05, 0.1) is 0 Å². The Morgan fingerprint density at radius 2 is 0.837 bits per heavy atom. The minimum absolute atomic E-state index is 0.0874. The molecule has 1 aliphatic carbocycles. The molecule has 8 aromatic carbocycles. The van der Waals surface area contributed by atoms with E-state index in [1.807, 2.05) is 0 Å². The Bertz CT molecular complexity index is 2340. The highest BCUT2D eigenvalue weighted by atomic mass is 28.3. The first kappa shape index (κ1) is 29.4. The van der Waals surface area contributed by atoms with Crippen LogP contribution in [0.1, 0.15) is 25.0 Å². The van der Waals surface area contributed by atoms with Crippen molar-refractivity contribution >= 4 is 67.4 Å². The van der Waals surface area contributed by atoms with Crippen LogP contribution in [-0.4, -0.2) is 8.07 Å². The fourth-order valence-electron chi connectivity index (χ4n) is 8.46. The van der Waals surface area contributed by atoms with Crippen LogP contribution in [0.25, 0.3) is 21.5 Å². The molecule has 2 heteroatoms. The van der Waals surface area contributed by atoms with Crippen LogP contribution >= 0.6 is 0 Å². The SMILES string of the molecule is CC1(C)c2cccc3ccc4cc(N(c5ccccc5)c5ccc([Si](c6ccccc6)(c6ccccc6)c6ccccc6)cc5)cc1c4c23. The summed E-state index contributed by atoms with van der Waals surface area (Å²) >= 11 is 0. The third-order valence-electron chi connectivity index (χ3n) is 10.7. The van der Waals surface area contributed by atoms with Gasteiger partial charge in [0.2, 0.25) is 0 Å². The van der Waals surface area contributed by atoms with Gasteiger partial charge >= 0.3 is 0 Å². The molecule has 0 saturated carbocycles. The van der Waals surface area contributed by atoms with E-state index in [1.54, 1.807) is 0 Å². The standard InChI is InChI=1S/C47H37NSi/c1-47(2)43-25-15-16-34-26-27-35-32-38(33-44(47)46(35)45(34)43)48(36-17-7-3-8-18-36)37-28-30-42(31-29-37)49(39-19-9-4-10-20-39,40-21-11-5-12-22-40)41-23-13-6-14-24-41/h3-33H,1-2H3. The Morgan fingerprint density at radius 1 is 0.367 bits per heavy atom. The second-order valence-electron chi connectivity index (χ2n) is 13.8. The first-order valence-corrected chi connectivity index (χ1v) is 19.2. The summed E-state index contributed by atoms with van der Waals surface area (Å²) in [6.07, 6.45) is 0. The average Bonchev–Trinajstić information content (AvgIpc) is 3.40. The maximum atomic E-state index is 2.44. The van der Waals surface area contributed by atoms with Gasteiger partial charge in [0, 0.05) is 22.5 Å². The maximum Gasteiger partial charge on any atom is 0.179 e. The average molecular weight is 644 g/mol. The molecule has 0 aromatic heterocycles. The minimum atomic E-state index is -2.62. The van der Waals surface area contributed by atoms with Crippen LogP contribution in [0.3, 0.4) is 0 Å². The molecule has 0 amide bonds. The van der Waals surface area contributed by atoms with E-state index in [1.165, 1.54) is 59.1 Å². The molecule has 0 fully saturated rings. The fourth-order valence-corrected chi connectivity index (χ4v) is 13.2. The van der Waals surface area contributed by atoms with Crippen molar-refractivity contribution in [3.8, 4) is 0 Å². The van der Waals surface area contributed by atoms with E-state index < -0.39 is 8.07 Å². The number of hydrogen-bond acceptors (Lipinski definition) is 1. The van der Waals surface area contributed by atoms with Crippen molar-refractivity contribution in [3.05, 3.63) is 199 Å². The van der Waals surface area contributed by atoms with E-state index in [0.717, 1.165) is 11.4 Å². The van der Waals surface area contributed by atoms with Gasteiger partial charge in [-0.15, -0.1) is 0 Å². The zero-order valence-electron chi connectivity index (χ0n) is 27.8. The third kappa shape index (κ3) is 4.52. The number of benzene rings is 8. The van der Waals surface area contributed by atoms with Gasteiger partial charge in [0.25, 0.3) is 0 Å². The molecule has 0 heterocycles. The summed E-state index contributed by atoms with van der Waals surface area (Å²) in [5, 5.41) is 10.9. The Morgan fingerprint density at radius 3 is 1.41 bits per heavy atom. The zero-order valence-corrected chi connectivity index (χ0v) is 28.8. The quantitative estimate of drug-likeness (QED) is 0.0950. The van der Waals surface area contributed by atoms with Gasteiger partial charge in [-0.25, -0.2) is 0 Å². The molecule has 0 bridgehead atoms. The summed E-state index contributed by atoms with van der Waals surface area (Å²) < 4.78 is 0. The molecule has 0 unspecified atom stereocenters. The van der Waals surface area contributed by atoms with Gasteiger partial charge in [-0.1, -0.05) is 166 Å². The molecular formula is C47H37NSi. The molecule has 0 atom stereocenters. The molecule has 234 valence electrons. The normalized spacial score (nSPS) is 13.3. The first-order valence-electron chi connectivity index (χ1n) is 17.2. The van der Waals surface area contributed by atoms with Crippen LogP contribution in [0.5, 0.6) is 0 Å². The van der Waals surface area contributed by atoms with Crippen LogP contribution in [0.15, 0.2) is 188 Å². The highest BCUT2D eigenvalue weighted by Crippen LogP contribution is 2.51. The van der Waals surface area contributed by atoms with Crippen molar-refractivity contribution in [1.29, 1.82) is 0 Å². The first-order chi connectivity index (χ1) is 24.1. The number of anilines is 3. The maximum absolute atomic E-state index is 2.62. The zero-order chi connectivity index (χ0) is 33.0. The van der Waals surface area contributed by atoms with Crippen LogP contribution < -0.4 is 25.6 Å².